The van der Waals surface area contributed by atoms with Gasteiger partial charge < -0.3 is 9.73 Å². The average molecular weight is 264 g/mol. The first-order chi connectivity index (χ1) is 8.70. The molecule has 0 aromatic carbocycles. The first-order valence-corrected chi connectivity index (χ1v) is 7.28. The van der Waals surface area contributed by atoms with Crippen LogP contribution in [0.15, 0.2) is 22.8 Å². The van der Waals surface area contributed by atoms with Crippen LogP contribution >= 0.6 is 11.3 Å². The Hall–Kier alpha value is -1.13. The maximum Gasteiger partial charge on any atom is 0.162 e. The SMILES string of the molecule is CCCc1nc(-c2ccco2)sc1CNC(C)C. The first kappa shape index (κ1) is 13.3. The Morgan fingerprint density at radius 1 is 1.44 bits per heavy atom. The molecule has 0 aliphatic carbocycles. The molecule has 0 saturated heterocycles. The van der Waals surface area contributed by atoms with Crippen LogP contribution in [0.3, 0.4) is 0 Å². The highest BCUT2D eigenvalue weighted by atomic mass is 32.1. The first-order valence-electron chi connectivity index (χ1n) is 6.46. The monoisotopic (exact) mass is 264 g/mol. The molecule has 18 heavy (non-hydrogen) atoms. The normalized spacial score (nSPS) is 11.3. The average Bonchev–Trinajstić information content (AvgIpc) is 2.95. The molecule has 98 valence electrons. The van der Waals surface area contributed by atoms with Gasteiger partial charge in [0.1, 0.15) is 0 Å². The summed E-state index contributed by atoms with van der Waals surface area (Å²) in [6.45, 7) is 7.40. The van der Waals surface area contributed by atoms with Gasteiger partial charge in [-0.1, -0.05) is 27.2 Å². The summed E-state index contributed by atoms with van der Waals surface area (Å²) in [5, 5.41) is 4.45. The molecule has 0 aliphatic rings. The van der Waals surface area contributed by atoms with Gasteiger partial charge in [0.05, 0.1) is 12.0 Å². The molecule has 0 bridgehead atoms. The molecule has 2 rings (SSSR count). The molecule has 2 aromatic heterocycles. The highest BCUT2D eigenvalue weighted by molar-refractivity contribution is 7.15. The van der Waals surface area contributed by atoms with Crippen LogP contribution < -0.4 is 5.32 Å². The van der Waals surface area contributed by atoms with Gasteiger partial charge in [0, 0.05) is 17.5 Å². The Bertz CT molecular complexity index is 474. The summed E-state index contributed by atoms with van der Waals surface area (Å²) in [6.07, 6.45) is 3.85. The maximum atomic E-state index is 5.42. The Morgan fingerprint density at radius 3 is 2.89 bits per heavy atom. The minimum absolute atomic E-state index is 0.494. The predicted octanol–water partition coefficient (Wildman–Crippen LogP) is 3.85. The molecule has 3 nitrogen and oxygen atoms in total. The summed E-state index contributed by atoms with van der Waals surface area (Å²) in [5.74, 6) is 0.869. The zero-order valence-electron chi connectivity index (χ0n) is 11.2. The van der Waals surface area contributed by atoms with Crippen LogP contribution in [0.2, 0.25) is 0 Å². The van der Waals surface area contributed by atoms with Crippen LogP contribution in [0.25, 0.3) is 10.8 Å². The van der Waals surface area contributed by atoms with Gasteiger partial charge in [0.2, 0.25) is 0 Å². The molecular formula is C14H20N2OS. The molecular weight excluding hydrogens is 244 g/mol. The molecule has 1 N–H and O–H groups in total. The molecule has 4 heteroatoms. The summed E-state index contributed by atoms with van der Waals surface area (Å²) in [7, 11) is 0. The fourth-order valence-electron chi connectivity index (χ4n) is 1.76. The lowest BCUT2D eigenvalue weighted by Gasteiger charge is -2.07. The van der Waals surface area contributed by atoms with Crippen molar-refractivity contribution < 1.29 is 4.42 Å². The van der Waals surface area contributed by atoms with Gasteiger partial charge >= 0.3 is 0 Å². The molecule has 0 atom stereocenters. The summed E-state index contributed by atoms with van der Waals surface area (Å²) in [6, 6.07) is 4.37. The van der Waals surface area contributed by atoms with Crippen LogP contribution in [0, 0.1) is 0 Å². The van der Waals surface area contributed by atoms with E-state index in [1.807, 2.05) is 12.1 Å². The minimum atomic E-state index is 0.494. The smallest absolute Gasteiger partial charge is 0.162 e. The third-order valence-corrected chi connectivity index (χ3v) is 3.78. The number of aryl methyl sites for hydroxylation is 1. The Balaban J connectivity index is 2.21. The second-order valence-corrected chi connectivity index (χ2v) is 5.74. The standard InChI is InChI=1S/C14H20N2OS/c1-4-6-11-13(9-15-10(2)3)18-14(16-11)12-7-5-8-17-12/h5,7-8,10,15H,4,6,9H2,1-3H3. The number of aromatic nitrogens is 1. The number of rotatable bonds is 6. The Kier molecular flexibility index (Phi) is 4.55. The van der Waals surface area contributed by atoms with E-state index in [1.54, 1.807) is 17.6 Å². The lowest BCUT2D eigenvalue weighted by molar-refractivity contribution is 0.581. The van der Waals surface area contributed by atoms with Gasteiger partial charge in [-0.3, -0.25) is 0 Å². The number of nitrogens with one attached hydrogen (secondary N) is 1. The molecule has 2 heterocycles. The molecule has 0 radical (unpaired) electrons. The highest BCUT2D eigenvalue weighted by Crippen LogP contribution is 2.29. The topological polar surface area (TPSA) is 38.1 Å². The molecule has 2 aromatic rings. The van der Waals surface area contributed by atoms with Crippen molar-refractivity contribution in [2.75, 3.05) is 0 Å². The van der Waals surface area contributed by atoms with Crippen LogP contribution in [0.1, 0.15) is 37.8 Å². The third-order valence-electron chi connectivity index (χ3n) is 2.67. The van der Waals surface area contributed by atoms with Crippen molar-refractivity contribution in [2.24, 2.45) is 0 Å². The molecule has 0 unspecified atom stereocenters. The van der Waals surface area contributed by atoms with E-state index in [4.69, 9.17) is 9.40 Å². The van der Waals surface area contributed by atoms with Crippen molar-refractivity contribution in [1.29, 1.82) is 0 Å². The summed E-state index contributed by atoms with van der Waals surface area (Å²) >= 11 is 1.73. The van der Waals surface area contributed by atoms with Crippen molar-refractivity contribution in [3.8, 4) is 10.8 Å². The fourth-order valence-corrected chi connectivity index (χ4v) is 2.78. The van der Waals surface area contributed by atoms with Gasteiger partial charge in [-0.15, -0.1) is 11.3 Å². The van der Waals surface area contributed by atoms with E-state index in [0.717, 1.165) is 30.2 Å². The van der Waals surface area contributed by atoms with Gasteiger partial charge in [-0.05, 0) is 18.6 Å². The van der Waals surface area contributed by atoms with Gasteiger partial charge in [0.25, 0.3) is 0 Å². The lowest BCUT2D eigenvalue weighted by atomic mass is 10.2. The highest BCUT2D eigenvalue weighted by Gasteiger charge is 2.13. The number of hydrogen-bond donors (Lipinski definition) is 1. The zero-order valence-corrected chi connectivity index (χ0v) is 12.0. The third kappa shape index (κ3) is 3.21. The summed E-state index contributed by atoms with van der Waals surface area (Å²) in [4.78, 5) is 6.04. The second-order valence-electron chi connectivity index (χ2n) is 4.65. The van der Waals surface area contributed by atoms with E-state index in [2.05, 4.69) is 26.1 Å². The molecule has 0 saturated carbocycles. The second kappa shape index (κ2) is 6.16. The lowest BCUT2D eigenvalue weighted by Crippen LogP contribution is -2.21. The number of hydrogen-bond acceptors (Lipinski definition) is 4. The van der Waals surface area contributed by atoms with Gasteiger partial charge in [0.15, 0.2) is 10.8 Å². The number of nitrogens with zero attached hydrogens (tertiary/aromatic N) is 1. The number of thiazole rings is 1. The Morgan fingerprint density at radius 2 is 2.28 bits per heavy atom. The van der Waals surface area contributed by atoms with Gasteiger partial charge in [-0.25, -0.2) is 4.98 Å². The fraction of sp³-hybridized carbons (Fsp3) is 0.500. The maximum absolute atomic E-state index is 5.42. The van der Waals surface area contributed by atoms with Crippen molar-refractivity contribution >= 4 is 11.3 Å². The van der Waals surface area contributed by atoms with Crippen LogP contribution in [0.5, 0.6) is 0 Å². The molecule has 0 amide bonds. The van der Waals surface area contributed by atoms with E-state index >= 15 is 0 Å². The van der Waals surface area contributed by atoms with E-state index in [0.29, 0.717) is 6.04 Å². The Labute approximate surface area is 112 Å². The van der Waals surface area contributed by atoms with Crippen molar-refractivity contribution in [3.05, 3.63) is 29.0 Å². The number of furan rings is 1. The van der Waals surface area contributed by atoms with E-state index < -0.39 is 0 Å². The minimum Gasteiger partial charge on any atom is -0.462 e. The van der Waals surface area contributed by atoms with E-state index in [-0.39, 0.29) is 0 Å². The van der Waals surface area contributed by atoms with Crippen molar-refractivity contribution in [2.45, 2.75) is 46.2 Å². The summed E-state index contributed by atoms with van der Waals surface area (Å²) in [5.41, 5.74) is 1.21. The molecule has 0 spiro atoms. The van der Waals surface area contributed by atoms with E-state index in [1.165, 1.54) is 10.6 Å². The quantitative estimate of drug-likeness (QED) is 0.861. The summed E-state index contributed by atoms with van der Waals surface area (Å²) < 4.78 is 5.42. The largest absolute Gasteiger partial charge is 0.462 e. The predicted molar refractivity (Wildman–Crippen MR) is 75.8 cm³/mol. The molecule has 0 fully saturated rings. The van der Waals surface area contributed by atoms with Crippen molar-refractivity contribution in [1.82, 2.24) is 10.3 Å². The van der Waals surface area contributed by atoms with Crippen LogP contribution in [-0.2, 0) is 13.0 Å². The van der Waals surface area contributed by atoms with Crippen LogP contribution in [0.4, 0.5) is 0 Å². The van der Waals surface area contributed by atoms with Crippen molar-refractivity contribution in [3.63, 3.8) is 0 Å². The van der Waals surface area contributed by atoms with E-state index in [9.17, 15) is 0 Å². The van der Waals surface area contributed by atoms with Crippen LogP contribution in [-0.4, -0.2) is 11.0 Å². The zero-order chi connectivity index (χ0) is 13.0. The van der Waals surface area contributed by atoms with Gasteiger partial charge in [-0.2, -0.15) is 0 Å². The molecule has 0 aliphatic heterocycles.